The lowest BCUT2D eigenvalue weighted by Crippen LogP contribution is -2.50. The predicted octanol–water partition coefficient (Wildman–Crippen LogP) is 1.16. The van der Waals surface area contributed by atoms with Gasteiger partial charge >= 0.3 is 0 Å². The molecule has 0 bridgehead atoms. The molecule has 0 aromatic carbocycles. The third kappa shape index (κ3) is 2.64. The Morgan fingerprint density at radius 2 is 2.08 bits per heavy atom. The van der Waals surface area contributed by atoms with Crippen molar-refractivity contribution in [1.82, 2.24) is 4.90 Å². The van der Waals surface area contributed by atoms with Gasteiger partial charge in [-0.25, -0.2) is 0 Å². The van der Waals surface area contributed by atoms with Crippen LogP contribution >= 0.6 is 11.8 Å². The highest BCUT2D eigenvalue weighted by Gasteiger charge is 2.25. The van der Waals surface area contributed by atoms with Crippen LogP contribution in [0.25, 0.3) is 0 Å². The van der Waals surface area contributed by atoms with Gasteiger partial charge in [0, 0.05) is 24.4 Å². The SMILES string of the molecule is CC(C)(CN)N1CCCSCC1. The van der Waals surface area contributed by atoms with Crippen LogP contribution in [-0.4, -0.2) is 41.6 Å². The quantitative estimate of drug-likeness (QED) is 0.705. The lowest BCUT2D eigenvalue weighted by atomic mass is 10.0. The van der Waals surface area contributed by atoms with E-state index in [-0.39, 0.29) is 5.54 Å². The highest BCUT2D eigenvalue weighted by molar-refractivity contribution is 7.99. The first-order chi connectivity index (χ1) is 5.67. The van der Waals surface area contributed by atoms with Crippen molar-refractivity contribution in [2.24, 2.45) is 5.73 Å². The van der Waals surface area contributed by atoms with Crippen LogP contribution in [0.5, 0.6) is 0 Å². The van der Waals surface area contributed by atoms with Crippen molar-refractivity contribution in [3.8, 4) is 0 Å². The Hall–Kier alpha value is 0.270. The minimum absolute atomic E-state index is 0.199. The Morgan fingerprint density at radius 3 is 2.75 bits per heavy atom. The van der Waals surface area contributed by atoms with Gasteiger partial charge in [-0.3, -0.25) is 4.90 Å². The average Bonchev–Trinajstić information content (AvgIpc) is 2.32. The minimum Gasteiger partial charge on any atom is -0.329 e. The Kier molecular flexibility index (Phi) is 3.87. The van der Waals surface area contributed by atoms with Crippen molar-refractivity contribution >= 4 is 11.8 Å². The summed E-state index contributed by atoms with van der Waals surface area (Å²) in [6.45, 7) is 7.66. The second kappa shape index (κ2) is 4.49. The van der Waals surface area contributed by atoms with Crippen molar-refractivity contribution in [2.75, 3.05) is 31.1 Å². The molecule has 1 aliphatic rings. The zero-order valence-electron chi connectivity index (χ0n) is 8.18. The molecule has 2 N–H and O–H groups in total. The van der Waals surface area contributed by atoms with Gasteiger partial charge in [0.05, 0.1) is 0 Å². The van der Waals surface area contributed by atoms with Crippen LogP contribution in [0.15, 0.2) is 0 Å². The summed E-state index contributed by atoms with van der Waals surface area (Å²) in [6.07, 6.45) is 1.31. The molecule has 0 atom stereocenters. The zero-order valence-corrected chi connectivity index (χ0v) is 8.99. The molecule has 0 amide bonds. The van der Waals surface area contributed by atoms with Crippen molar-refractivity contribution in [3.05, 3.63) is 0 Å². The van der Waals surface area contributed by atoms with Gasteiger partial charge in [0.2, 0.25) is 0 Å². The Labute approximate surface area is 79.9 Å². The molecule has 1 fully saturated rings. The summed E-state index contributed by atoms with van der Waals surface area (Å²) in [7, 11) is 0. The van der Waals surface area contributed by atoms with Gasteiger partial charge < -0.3 is 5.73 Å². The summed E-state index contributed by atoms with van der Waals surface area (Å²) >= 11 is 2.06. The first-order valence-corrected chi connectivity index (χ1v) is 5.85. The molecule has 72 valence electrons. The van der Waals surface area contributed by atoms with E-state index in [9.17, 15) is 0 Å². The van der Waals surface area contributed by atoms with Gasteiger partial charge in [-0.2, -0.15) is 11.8 Å². The fraction of sp³-hybridized carbons (Fsp3) is 1.00. The Bertz CT molecular complexity index is 128. The molecule has 1 saturated heterocycles. The van der Waals surface area contributed by atoms with Crippen molar-refractivity contribution < 1.29 is 0 Å². The van der Waals surface area contributed by atoms with E-state index in [1.807, 2.05) is 0 Å². The molecule has 0 unspecified atom stereocenters. The summed E-state index contributed by atoms with van der Waals surface area (Å²) < 4.78 is 0. The molecule has 0 radical (unpaired) electrons. The van der Waals surface area contributed by atoms with Crippen LogP contribution in [0.3, 0.4) is 0 Å². The lowest BCUT2D eigenvalue weighted by molar-refractivity contribution is 0.138. The van der Waals surface area contributed by atoms with Gasteiger partial charge in [0.15, 0.2) is 0 Å². The van der Waals surface area contributed by atoms with Crippen LogP contribution in [0, 0.1) is 0 Å². The third-order valence-corrected chi connectivity index (χ3v) is 3.63. The smallest absolute Gasteiger partial charge is 0.0275 e. The van der Waals surface area contributed by atoms with Crippen molar-refractivity contribution in [3.63, 3.8) is 0 Å². The fourth-order valence-electron chi connectivity index (χ4n) is 1.48. The summed E-state index contributed by atoms with van der Waals surface area (Å²) in [4.78, 5) is 2.52. The molecule has 3 heteroatoms. The number of hydrogen-bond acceptors (Lipinski definition) is 3. The largest absolute Gasteiger partial charge is 0.329 e. The van der Waals surface area contributed by atoms with E-state index in [0.717, 1.165) is 6.54 Å². The molecule has 0 aromatic rings. The van der Waals surface area contributed by atoms with Gasteiger partial charge in [0.25, 0.3) is 0 Å². The van der Waals surface area contributed by atoms with Crippen LogP contribution in [0.1, 0.15) is 20.3 Å². The van der Waals surface area contributed by atoms with Crippen LogP contribution in [-0.2, 0) is 0 Å². The molecule has 0 aliphatic carbocycles. The third-order valence-electron chi connectivity index (χ3n) is 2.58. The summed E-state index contributed by atoms with van der Waals surface area (Å²) in [5, 5.41) is 0. The molecule has 1 aliphatic heterocycles. The minimum atomic E-state index is 0.199. The lowest BCUT2D eigenvalue weighted by Gasteiger charge is -2.36. The van der Waals surface area contributed by atoms with Gasteiger partial charge in [0.1, 0.15) is 0 Å². The number of rotatable bonds is 2. The van der Waals surface area contributed by atoms with E-state index in [1.54, 1.807) is 0 Å². The van der Waals surface area contributed by atoms with Gasteiger partial charge in [-0.1, -0.05) is 0 Å². The van der Waals surface area contributed by atoms with Crippen LogP contribution in [0.2, 0.25) is 0 Å². The number of thioether (sulfide) groups is 1. The zero-order chi connectivity index (χ0) is 9.03. The maximum Gasteiger partial charge on any atom is 0.0275 e. The molecule has 12 heavy (non-hydrogen) atoms. The predicted molar refractivity (Wildman–Crippen MR) is 56.6 cm³/mol. The molecule has 1 heterocycles. The number of hydrogen-bond donors (Lipinski definition) is 1. The highest BCUT2D eigenvalue weighted by atomic mass is 32.2. The fourth-order valence-corrected chi connectivity index (χ4v) is 2.37. The molecular formula is C9H20N2S. The van der Waals surface area contributed by atoms with Crippen LogP contribution < -0.4 is 5.73 Å². The van der Waals surface area contributed by atoms with E-state index in [1.165, 1.54) is 31.0 Å². The summed E-state index contributed by atoms with van der Waals surface area (Å²) in [5.41, 5.74) is 5.94. The number of nitrogens with zero attached hydrogens (tertiary/aromatic N) is 1. The number of nitrogens with two attached hydrogens (primary N) is 1. The standard InChI is InChI=1S/C9H20N2S/c1-9(2,8-10)11-4-3-6-12-7-5-11/h3-8,10H2,1-2H3. The van der Waals surface area contributed by atoms with E-state index >= 15 is 0 Å². The monoisotopic (exact) mass is 188 g/mol. The molecule has 0 saturated carbocycles. The van der Waals surface area contributed by atoms with E-state index in [0.29, 0.717) is 0 Å². The molecule has 0 spiro atoms. The van der Waals surface area contributed by atoms with E-state index in [2.05, 4.69) is 30.5 Å². The summed E-state index contributed by atoms with van der Waals surface area (Å²) in [6, 6.07) is 0. The molecular weight excluding hydrogens is 168 g/mol. The second-order valence-corrected chi connectivity index (χ2v) is 5.19. The average molecular weight is 188 g/mol. The first-order valence-electron chi connectivity index (χ1n) is 4.70. The highest BCUT2D eigenvalue weighted by Crippen LogP contribution is 2.18. The second-order valence-electron chi connectivity index (χ2n) is 3.97. The normalized spacial score (nSPS) is 22.2. The summed E-state index contributed by atoms with van der Waals surface area (Å²) in [5.74, 6) is 2.58. The molecule has 0 aromatic heterocycles. The van der Waals surface area contributed by atoms with Crippen LogP contribution in [0.4, 0.5) is 0 Å². The van der Waals surface area contributed by atoms with Gasteiger partial charge in [-0.15, -0.1) is 0 Å². The van der Waals surface area contributed by atoms with E-state index < -0.39 is 0 Å². The molecule has 2 nitrogen and oxygen atoms in total. The topological polar surface area (TPSA) is 29.3 Å². The van der Waals surface area contributed by atoms with Crippen molar-refractivity contribution in [1.29, 1.82) is 0 Å². The molecule has 1 rings (SSSR count). The maximum absolute atomic E-state index is 5.74. The van der Waals surface area contributed by atoms with Crippen molar-refractivity contribution in [2.45, 2.75) is 25.8 Å². The Morgan fingerprint density at radius 1 is 1.33 bits per heavy atom. The van der Waals surface area contributed by atoms with E-state index in [4.69, 9.17) is 5.73 Å². The first kappa shape index (κ1) is 10.4. The maximum atomic E-state index is 5.74. The Balaban J connectivity index is 2.47. The van der Waals surface area contributed by atoms with Gasteiger partial charge in [-0.05, 0) is 32.6 Å².